The Morgan fingerprint density at radius 2 is 1.93 bits per heavy atom. The molecule has 0 amide bonds. The van der Waals surface area contributed by atoms with Gasteiger partial charge >= 0.3 is 0 Å². The van der Waals surface area contributed by atoms with E-state index in [-0.39, 0.29) is 6.23 Å². The molecular weight excluding hydrogens is 214 g/mol. The summed E-state index contributed by atoms with van der Waals surface area (Å²) in [6, 6.07) is 7.68. The predicted octanol–water partition coefficient (Wildman–Crippen LogP) is 2.21. The van der Waals surface area contributed by atoms with Crippen molar-refractivity contribution in [2.45, 2.75) is 13.2 Å². The van der Waals surface area contributed by atoms with Crippen LogP contribution >= 0.6 is 11.6 Å². The number of hydrogen-bond acceptors (Lipinski definition) is 3. The molecular formula is C10H12ClN3O. The second kappa shape index (κ2) is 4.59. The van der Waals surface area contributed by atoms with Crippen molar-refractivity contribution in [1.82, 2.24) is 15.0 Å². The lowest BCUT2D eigenvalue weighted by molar-refractivity contribution is 0.00921. The van der Waals surface area contributed by atoms with Crippen molar-refractivity contribution >= 4 is 22.6 Å². The molecule has 1 heterocycles. The van der Waals surface area contributed by atoms with Crippen LogP contribution in [0.15, 0.2) is 24.3 Å². The van der Waals surface area contributed by atoms with Gasteiger partial charge in [-0.3, -0.25) is 0 Å². The van der Waals surface area contributed by atoms with Crippen molar-refractivity contribution < 1.29 is 4.74 Å². The molecule has 1 unspecified atom stereocenters. The lowest BCUT2D eigenvalue weighted by Crippen LogP contribution is -2.17. The molecule has 0 spiro atoms. The summed E-state index contributed by atoms with van der Waals surface area (Å²) < 4.78 is 5.41. The molecule has 0 radical (unpaired) electrons. The molecule has 0 aliphatic rings. The first-order chi connectivity index (χ1) is 7.35. The third-order valence-corrected chi connectivity index (χ3v) is 2.31. The summed E-state index contributed by atoms with van der Waals surface area (Å²) >= 11 is 5.78. The fourth-order valence-electron chi connectivity index (χ4n) is 1.37. The van der Waals surface area contributed by atoms with Gasteiger partial charge in [0.15, 0.2) is 6.23 Å². The predicted molar refractivity (Wildman–Crippen MR) is 58.9 cm³/mol. The molecule has 1 aromatic carbocycles. The van der Waals surface area contributed by atoms with Crippen molar-refractivity contribution in [3.63, 3.8) is 0 Å². The summed E-state index contributed by atoms with van der Waals surface area (Å²) in [5.41, 5.74) is 1.71. The number of benzene rings is 1. The van der Waals surface area contributed by atoms with E-state index in [4.69, 9.17) is 16.3 Å². The molecule has 2 rings (SSSR count). The van der Waals surface area contributed by atoms with Crippen LogP contribution < -0.4 is 0 Å². The first kappa shape index (κ1) is 10.4. The van der Waals surface area contributed by atoms with Crippen molar-refractivity contribution in [2.75, 3.05) is 12.5 Å². The summed E-state index contributed by atoms with van der Waals surface area (Å²) in [6.07, 6.45) is -0.288. The van der Waals surface area contributed by atoms with E-state index in [0.29, 0.717) is 12.5 Å². The van der Waals surface area contributed by atoms with E-state index in [1.807, 2.05) is 31.2 Å². The van der Waals surface area contributed by atoms with Gasteiger partial charge < -0.3 is 4.74 Å². The molecule has 0 bridgehead atoms. The highest BCUT2D eigenvalue weighted by molar-refractivity contribution is 6.18. The van der Waals surface area contributed by atoms with Crippen molar-refractivity contribution in [3.05, 3.63) is 24.3 Å². The molecule has 1 atom stereocenters. The topological polar surface area (TPSA) is 39.9 Å². The first-order valence-electron chi connectivity index (χ1n) is 4.84. The monoisotopic (exact) mass is 225 g/mol. The summed E-state index contributed by atoms with van der Waals surface area (Å²) in [7, 11) is 0. The third-order valence-electron chi connectivity index (χ3n) is 2.05. The summed E-state index contributed by atoms with van der Waals surface area (Å²) in [4.78, 5) is 1.53. The molecule has 0 aliphatic heterocycles. The smallest absolute Gasteiger partial charge is 0.182 e. The Morgan fingerprint density at radius 1 is 1.33 bits per heavy atom. The molecule has 0 aliphatic carbocycles. The molecule has 1 aromatic heterocycles. The van der Waals surface area contributed by atoms with E-state index in [9.17, 15) is 0 Å². The van der Waals surface area contributed by atoms with Gasteiger partial charge in [-0.1, -0.05) is 12.1 Å². The summed E-state index contributed by atoms with van der Waals surface area (Å²) in [5.74, 6) is 0.342. The van der Waals surface area contributed by atoms with Crippen LogP contribution in [-0.2, 0) is 4.74 Å². The van der Waals surface area contributed by atoms with Crippen LogP contribution in [0, 0.1) is 0 Å². The summed E-state index contributed by atoms with van der Waals surface area (Å²) in [5, 5.41) is 8.60. The summed E-state index contributed by atoms with van der Waals surface area (Å²) in [6.45, 7) is 2.51. The van der Waals surface area contributed by atoms with E-state index < -0.39 is 0 Å². The Balaban J connectivity index is 2.34. The molecule has 0 saturated heterocycles. The van der Waals surface area contributed by atoms with Crippen LogP contribution in [0.25, 0.3) is 11.0 Å². The second-order valence-corrected chi connectivity index (χ2v) is 3.38. The second-order valence-electron chi connectivity index (χ2n) is 3.07. The van der Waals surface area contributed by atoms with Gasteiger partial charge in [0.2, 0.25) is 0 Å². The number of nitrogens with zero attached hydrogens (tertiary/aromatic N) is 3. The van der Waals surface area contributed by atoms with Crippen LogP contribution in [0.5, 0.6) is 0 Å². The van der Waals surface area contributed by atoms with Crippen LogP contribution in [0.1, 0.15) is 13.2 Å². The van der Waals surface area contributed by atoms with Gasteiger partial charge in [-0.2, -0.15) is 15.0 Å². The Bertz CT molecular complexity index is 410. The minimum atomic E-state index is -0.288. The molecule has 2 aromatic rings. The van der Waals surface area contributed by atoms with Gasteiger partial charge in [-0.25, -0.2) is 0 Å². The van der Waals surface area contributed by atoms with E-state index in [1.165, 1.54) is 4.80 Å². The van der Waals surface area contributed by atoms with E-state index in [2.05, 4.69) is 10.2 Å². The van der Waals surface area contributed by atoms with Gasteiger partial charge in [-0.05, 0) is 19.1 Å². The lowest BCUT2D eigenvalue weighted by atomic mass is 10.3. The maximum Gasteiger partial charge on any atom is 0.182 e. The minimum Gasteiger partial charge on any atom is -0.354 e. The van der Waals surface area contributed by atoms with Gasteiger partial charge in [-0.15, -0.1) is 11.6 Å². The number of alkyl halides is 1. The average molecular weight is 226 g/mol. The van der Waals surface area contributed by atoms with Crippen LogP contribution in [0.3, 0.4) is 0 Å². The van der Waals surface area contributed by atoms with Crippen molar-refractivity contribution in [2.24, 2.45) is 0 Å². The Kier molecular flexibility index (Phi) is 3.18. The van der Waals surface area contributed by atoms with Gasteiger partial charge in [0.1, 0.15) is 11.0 Å². The van der Waals surface area contributed by atoms with Gasteiger partial charge in [0.05, 0.1) is 5.88 Å². The number of ether oxygens (including phenoxy) is 1. The zero-order valence-corrected chi connectivity index (χ0v) is 9.18. The highest BCUT2D eigenvalue weighted by Gasteiger charge is 2.12. The highest BCUT2D eigenvalue weighted by Crippen LogP contribution is 2.13. The van der Waals surface area contributed by atoms with E-state index in [1.54, 1.807) is 0 Å². The minimum absolute atomic E-state index is 0.288. The van der Waals surface area contributed by atoms with Crippen LogP contribution in [0.2, 0.25) is 0 Å². The third kappa shape index (κ3) is 2.11. The zero-order valence-electron chi connectivity index (χ0n) is 8.43. The Hall–Kier alpha value is -1.13. The van der Waals surface area contributed by atoms with Crippen molar-refractivity contribution in [3.8, 4) is 0 Å². The number of fused-ring (bicyclic) bond motifs is 1. The first-order valence-corrected chi connectivity index (χ1v) is 5.37. The van der Waals surface area contributed by atoms with Crippen LogP contribution in [-0.4, -0.2) is 27.5 Å². The maximum atomic E-state index is 5.78. The number of rotatable bonds is 4. The molecule has 4 nitrogen and oxygen atoms in total. The molecule has 5 heteroatoms. The highest BCUT2D eigenvalue weighted by atomic mass is 35.5. The fourth-order valence-corrected chi connectivity index (χ4v) is 1.58. The fraction of sp³-hybridized carbons (Fsp3) is 0.400. The normalized spacial score (nSPS) is 13.2. The number of halogens is 1. The lowest BCUT2D eigenvalue weighted by Gasteiger charge is -2.11. The Morgan fingerprint density at radius 3 is 2.40 bits per heavy atom. The molecule has 0 fully saturated rings. The maximum absolute atomic E-state index is 5.78. The molecule has 80 valence electrons. The van der Waals surface area contributed by atoms with E-state index >= 15 is 0 Å². The largest absolute Gasteiger partial charge is 0.354 e. The molecule has 0 saturated carbocycles. The zero-order chi connectivity index (χ0) is 10.7. The SMILES string of the molecule is CCOC(CCl)n1nc2ccccc2n1. The van der Waals surface area contributed by atoms with Crippen molar-refractivity contribution in [1.29, 1.82) is 0 Å². The van der Waals surface area contributed by atoms with Gasteiger partial charge in [0.25, 0.3) is 0 Å². The number of hydrogen-bond donors (Lipinski definition) is 0. The molecule has 15 heavy (non-hydrogen) atoms. The van der Waals surface area contributed by atoms with Crippen LogP contribution in [0.4, 0.5) is 0 Å². The Labute approximate surface area is 92.8 Å². The average Bonchev–Trinajstić information content (AvgIpc) is 2.69. The standard InChI is InChI=1S/C10H12ClN3O/c1-2-15-10(7-11)14-12-8-5-3-4-6-9(8)13-14/h3-6,10H,2,7H2,1H3. The molecule has 0 N–H and O–H groups in total. The van der Waals surface area contributed by atoms with E-state index in [0.717, 1.165) is 11.0 Å². The van der Waals surface area contributed by atoms with Gasteiger partial charge in [0, 0.05) is 6.61 Å². The number of aromatic nitrogens is 3. The quantitative estimate of drug-likeness (QED) is 0.749.